The maximum Gasteiger partial charge on any atom is 0.323 e. The molecular weight excluding hydrogens is 270 g/mol. The quantitative estimate of drug-likeness (QED) is 0.568. The van der Waals surface area contributed by atoms with Crippen LogP contribution in [0.25, 0.3) is 0 Å². The Balaban J connectivity index is 2.50. The second-order valence-electron chi connectivity index (χ2n) is 5.21. The summed E-state index contributed by atoms with van der Waals surface area (Å²) in [5, 5.41) is 12.3. The third-order valence-corrected chi connectivity index (χ3v) is 5.09. The van der Waals surface area contributed by atoms with Crippen molar-refractivity contribution in [1.29, 1.82) is 0 Å². The van der Waals surface area contributed by atoms with Crippen LogP contribution in [0.15, 0.2) is 23.1 Å². The van der Waals surface area contributed by atoms with Crippen molar-refractivity contribution in [3.63, 3.8) is 0 Å². The van der Waals surface area contributed by atoms with Crippen molar-refractivity contribution in [2.45, 2.75) is 50.5 Å². The zero-order valence-electron chi connectivity index (χ0n) is 12.8. The van der Waals surface area contributed by atoms with E-state index in [1.807, 2.05) is 18.7 Å². The van der Waals surface area contributed by atoms with Crippen LogP contribution in [-0.2, 0) is 4.79 Å². The average Bonchev–Trinajstić information content (AvgIpc) is 2.41. The summed E-state index contributed by atoms with van der Waals surface area (Å²) in [6.45, 7) is 6.13. The van der Waals surface area contributed by atoms with Crippen molar-refractivity contribution >= 4 is 17.7 Å². The molecule has 0 aromatic heterocycles. The standard InChI is InChI=1S/C16H25NO2S/c1-5-16(17-4,15(18)19)9-6-10-20-14-8-7-12(2)11-13(14)3/h7-8,11,17H,5-6,9-10H2,1-4H3,(H,18,19). The molecule has 1 aromatic rings. The SMILES string of the molecule is CCC(CCCSc1ccc(C)cc1C)(NC)C(=O)O. The molecule has 112 valence electrons. The van der Waals surface area contributed by atoms with Gasteiger partial charge in [-0.05, 0) is 57.5 Å². The first-order valence-corrected chi connectivity index (χ1v) is 8.06. The molecule has 1 atom stereocenters. The Labute approximate surface area is 126 Å². The van der Waals surface area contributed by atoms with Gasteiger partial charge in [-0.1, -0.05) is 24.6 Å². The fourth-order valence-electron chi connectivity index (χ4n) is 2.36. The Morgan fingerprint density at radius 1 is 1.40 bits per heavy atom. The van der Waals surface area contributed by atoms with E-state index in [9.17, 15) is 9.90 Å². The van der Waals surface area contributed by atoms with Crippen LogP contribution in [0, 0.1) is 13.8 Å². The maximum atomic E-state index is 11.4. The minimum absolute atomic E-state index is 0.604. The van der Waals surface area contributed by atoms with Gasteiger partial charge in [0.2, 0.25) is 0 Å². The lowest BCUT2D eigenvalue weighted by Gasteiger charge is -2.27. The van der Waals surface area contributed by atoms with E-state index in [0.717, 1.165) is 12.2 Å². The number of thioether (sulfide) groups is 1. The Kier molecular flexibility index (Phi) is 6.56. The lowest BCUT2D eigenvalue weighted by molar-refractivity contribution is -0.145. The van der Waals surface area contributed by atoms with E-state index in [1.165, 1.54) is 16.0 Å². The van der Waals surface area contributed by atoms with Crippen LogP contribution in [0.5, 0.6) is 0 Å². The highest BCUT2D eigenvalue weighted by Gasteiger charge is 2.33. The van der Waals surface area contributed by atoms with Crippen molar-refractivity contribution in [3.05, 3.63) is 29.3 Å². The van der Waals surface area contributed by atoms with Gasteiger partial charge in [0.15, 0.2) is 0 Å². The molecule has 4 heteroatoms. The Bertz CT molecular complexity index is 456. The van der Waals surface area contributed by atoms with Crippen LogP contribution in [0.3, 0.4) is 0 Å². The number of carboxylic acid groups (broad SMARTS) is 1. The second-order valence-corrected chi connectivity index (χ2v) is 6.35. The van der Waals surface area contributed by atoms with E-state index >= 15 is 0 Å². The van der Waals surface area contributed by atoms with E-state index in [0.29, 0.717) is 12.8 Å². The number of benzene rings is 1. The van der Waals surface area contributed by atoms with Crippen molar-refractivity contribution in [2.75, 3.05) is 12.8 Å². The van der Waals surface area contributed by atoms with Gasteiger partial charge in [-0.2, -0.15) is 0 Å². The summed E-state index contributed by atoms with van der Waals surface area (Å²) in [5.41, 5.74) is 1.80. The van der Waals surface area contributed by atoms with Crippen molar-refractivity contribution in [1.82, 2.24) is 5.32 Å². The van der Waals surface area contributed by atoms with Crippen LogP contribution in [0.1, 0.15) is 37.3 Å². The molecule has 2 N–H and O–H groups in total. The summed E-state index contributed by atoms with van der Waals surface area (Å²) in [7, 11) is 1.73. The second kappa shape index (κ2) is 7.70. The monoisotopic (exact) mass is 295 g/mol. The fraction of sp³-hybridized carbons (Fsp3) is 0.562. The normalized spacial score (nSPS) is 14.0. The number of likely N-dealkylation sites (N-methyl/N-ethyl adjacent to an activating group) is 1. The van der Waals surface area contributed by atoms with E-state index in [1.54, 1.807) is 7.05 Å². The van der Waals surface area contributed by atoms with Gasteiger partial charge < -0.3 is 10.4 Å². The maximum absolute atomic E-state index is 11.4. The van der Waals surface area contributed by atoms with Crippen LogP contribution >= 0.6 is 11.8 Å². The molecule has 3 nitrogen and oxygen atoms in total. The average molecular weight is 295 g/mol. The highest BCUT2D eigenvalue weighted by atomic mass is 32.2. The highest BCUT2D eigenvalue weighted by molar-refractivity contribution is 7.99. The summed E-state index contributed by atoms with van der Waals surface area (Å²) in [5.74, 6) is 0.194. The van der Waals surface area contributed by atoms with Gasteiger partial charge in [-0.3, -0.25) is 4.79 Å². The van der Waals surface area contributed by atoms with Gasteiger partial charge in [0.25, 0.3) is 0 Å². The smallest absolute Gasteiger partial charge is 0.323 e. The molecule has 0 bridgehead atoms. The fourth-order valence-corrected chi connectivity index (χ4v) is 3.32. The number of carboxylic acids is 1. The molecule has 0 fully saturated rings. The molecular formula is C16H25NO2S. The summed E-state index contributed by atoms with van der Waals surface area (Å²) in [6.07, 6.45) is 2.15. The number of aryl methyl sites for hydroxylation is 2. The highest BCUT2D eigenvalue weighted by Crippen LogP contribution is 2.26. The van der Waals surface area contributed by atoms with Gasteiger partial charge in [-0.25, -0.2) is 0 Å². The predicted molar refractivity (Wildman–Crippen MR) is 85.6 cm³/mol. The van der Waals surface area contributed by atoms with Crippen LogP contribution in [0.2, 0.25) is 0 Å². The molecule has 1 unspecified atom stereocenters. The van der Waals surface area contributed by atoms with Crippen LogP contribution < -0.4 is 5.32 Å². The molecule has 20 heavy (non-hydrogen) atoms. The van der Waals surface area contributed by atoms with Gasteiger partial charge in [-0.15, -0.1) is 11.8 Å². The number of aliphatic carboxylic acids is 1. The summed E-state index contributed by atoms with van der Waals surface area (Å²) in [4.78, 5) is 12.7. The van der Waals surface area contributed by atoms with Gasteiger partial charge >= 0.3 is 5.97 Å². The molecule has 0 spiro atoms. The largest absolute Gasteiger partial charge is 0.480 e. The molecule has 0 saturated heterocycles. The van der Waals surface area contributed by atoms with Crippen molar-refractivity contribution < 1.29 is 9.90 Å². The third-order valence-electron chi connectivity index (χ3n) is 3.83. The molecule has 0 saturated carbocycles. The van der Waals surface area contributed by atoms with E-state index in [2.05, 4.69) is 37.4 Å². The Morgan fingerprint density at radius 2 is 2.10 bits per heavy atom. The minimum Gasteiger partial charge on any atom is -0.480 e. The van der Waals surface area contributed by atoms with Gasteiger partial charge in [0, 0.05) is 4.90 Å². The number of hydrogen-bond donors (Lipinski definition) is 2. The predicted octanol–water partition coefficient (Wildman–Crippen LogP) is 3.63. The number of carbonyl (C=O) groups is 1. The topological polar surface area (TPSA) is 49.3 Å². The van der Waals surface area contributed by atoms with E-state index < -0.39 is 11.5 Å². The van der Waals surface area contributed by atoms with Crippen molar-refractivity contribution in [2.24, 2.45) is 0 Å². The molecule has 0 aliphatic heterocycles. The molecule has 0 aliphatic carbocycles. The summed E-state index contributed by atoms with van der Waals surface area (Å²) >= 11 is 1.81. The first kappa shape index (κ1) is 17.1. The lowest BCUT2D eigenvalue weighted by Crippen LogP contribution is -2.49. The molecule has 0 heterocycles. The van der Waals surface area contributed by atoms with Crippen LogP contribution in [0.4, 0.5) is 0 Å². The lowest BCUT2D eigenvalue weighted by atomic mass is 9.91. The molecule has 0 amide bonds. The zero-order valence-corrected chi connectivity index (χ0v) is 13.6. The van der Waals surface area contributed by atoms with Gasteiger partial charge in [0.1, 0.15) is 5.54 Å². The zero-order chi connectivity index (χ0) is 15.2. The molecule has 0 aliphatic rings. The van der Waals surface area contributed by atoms with Gasteiger partial charge in [0.05, 0.1) is 0 Å². The Morgan fingerprint density at radius 3 is 2.60 bits per heavy atom. The first-order chi connectivity index (χ1) is 9.45. The Hall–Kier alpha value is -1.00. The number of hydrogen-bond acceptors (Lipinski definition) is 3. The number of rotatable bonds is 8. The summed E-state index contributed by atoms with van der Waals surface area (Å²) in [6, 6.07) is 6.46. The van der Waals surface area contributed by atoms with E-state index in [-0.39, 0.29) is 0 Å². The molecule has 1 rings (SSSR count). The number of nitrogens with one attached hydrogen (secondary N) is 1. The molecule has 1 aromatic carbocycles. The minimum atomic E-state index is -0.775. The summed E-state index contributed by atoms with van der Waals surface area (Å²) < 4.78 is 0. The van der Waals surface area contributed by atoms with Crippen LogP contribution in [-0.4, -0.2) is 29.4 Å². The third kappa shape index (κ3) is 4.25. The van der Waals surface area contributed by atoms with Crippen molar-refractivity contribution in [3.8, 4) is 0 Å². The molecule has 0 radical (unpaired) electrons. The van der Waals surface area contributed by atoms with E-state index in [4.69, 9.17) is 0 Å². The first-order valence-electron chi connectivity index (χ1n) is 7.07.